The Hall–Kier alpha value is -4.05. The Morgan fingerprint density at radius 1 is 0.947 bits per heavy atom. The number of aromatic nitrogens is 3. The molecule has 4 aromatic rings. The van der Waals surface area contributed by atoms with Gasteiger partial charge in [0.05, 0.1) is 32.8 Å². The zero-order valence-corrected chi connectivity index (χ0v) is 22.7. The topological polar surface area (TPSA) is 78.7 Å². The highest BCUT2D eigenvalue weighted by atomic mass is 32.2. The Morgan fingerprint density at radius 2 is 1.58 bits per heavy atom. The number of carbonyl (C=O) groups is 1. The van der Waals surface area contributed by atoms with Crippen molar-refractivity contribution in [2.45, 2.75) is 25.0 Å². The summed E-state index contributed by atoms with van der Waals surface area (Å²) in [6.45, 7) is 3.92. The van der Waals surface area contributed by atoms with Crippen molar-refractivity contribution in [2.24, 2.45) is 0 Å². The second-order valence-electron chi connectivity index (χ2n) is 8.49. The molecule has 0 aliphatic carbocycles. The van der Waals surface area contributed by atoms with E-state index in [9.17, 15) is 4.79 Å². The minimum absolute atomic E-state index is 0.0512. The van der Waals surface area contributed by atoms with Crippen LogP contribution in [0.25, 0.3) is 17.1 Å². The number of rotatable bonds is 10. The van der Waals surface area contributed by atoms with E-state index in [0.29, 0.717) is 33.8 Å². The summed E-state index contributed by atoms with van der Waals surface area (Å²) >= 11 is 1.19. The summed E-state index contributed by atoms with van der Waals surface area (Å²) in [4.78, 5) is 15.0. The van der Waals surface area contributed by atoms with Crippen LogP contribution in [0.3, 0.4) is 0 Å². The summed E-state index contributed by atoms with van der Waals surface area (Å²) in [7, 11) is 4.55. The second kappa shape index (κ2) is 12.0. The maximum Gasteiger partial charge on any atom is 0.237 e. The van der Waals surface area contributed by atoms with Gasteiger partial charge in [0.2, 0.25) is 11.7 Å². The van der Waals surface area contributed by atoms with E-state index in [0.717, 1.165) is 5.69 Å². The van der Waals surface area contributed by atoms with Crippen molar-refractivity contribution in [3.63, 3.8) is 0 Å². The number of amides is 1. The normalized spacial score (nSPS) is 10.9. The summed E-state index contributed by atoms with van der Waals surface area (Å²) in [5, 5.41) is 9.08. The first-order valence-corrected chi connectivity index (χ1v) is 12.9. The molecule has 1 heterocycles. The smallest absolute Gasteiger partial charge is 0.237 e. The summed E-state index contributed by atoms with van der Waals surface area (Å²) in [6, 6.07) is 19.2. The van der Waals surface area contributed by atoms with Crippen LogP contribution in [0.1, 0.15) is 13.8 Å². The minimum atomic E-state index is -0.456. The number of para-hydroxylation sites is 2. The number of thioether (sulfide) groups is 1. The molecule has 0 radical (unpaired) electrons. The Bertz CT molecular complexity index is 1390. The molecular weight excluding hydrogens is 507 g/mol. The molecule has 0 aliphatic rings. The van der Waals surface area contributed by atoms with Crippen molar-refractivity contribution in [1.82, 2.24) is 14.8 Å². The zero-order chi connectivity index (χ0) is 27.2. The Balaban J connectivity index is 1.76. The summed E-state index contributed by atoms with van der Waals surface area (Å²) < 4.78 is 33.1. The van der Waals surface area contributed by atoms with Gasteiger partial charge in [-0.3, -0.25) is 9.36 Å². The van der Waals surface area contributed by atoms with Gasteiger partial charge in [-0.1, -0.05) is 42.1 Å². The SMILES string of the molecule is COc1cc(-c2nnc(SCC(=O)N(c3ccccc3)C(C)C)n2-c2ccccc2F)cc(OC)c1OC. The lowest BCUT2D eigenvalue weighted by atomic mass is 10.1. The largest absolute Gasteiger partial charge is 0.493 e. The molecule has 0 saturated carbocycles. The molecule has 1 amide bonds. The summed E-state index contributed by atoms with van der Waals surface area (Å²) in [6.07, 6.45) is 0. The molecule has 0 saturated heterocycles. The van der Waals surface area contributed by atoms with E-state index >= 15 is 4.39 Å². The van der Waals surface area contributed by atoms with Gasteiger partial charge >= 0.3 is 0 Å². The van der Waals surface area contributed by atoms with Crippen LogP contribution in [0.15, 0.2) is 71.9 Å². The second-order valence-corrected chi connectivity index (χ2v) is 9.43. The number of anilines is 1. The number of hydrogen-bond acceptors (Lipinski definition) is 7. The molecule has 0 atom stereocenters. The van der Waals surface area contributed by atoms with Gasteiger partial charge in [0.15, 0.2) is 22.5 Å². The first kappa shape index (κ1) is 27.0. The third kappa shape index (κ3) is 5.45. The lowest BCUT2D eigenvalue weighted by Crippen LogP contribution is -2.38. The molecular formula is C28H29FN4O4S. The third-order valence-corrected chi connectivity index (χ3v) is 6.71. The van der Waals surface area contributed by atoms with E-state index in [4.69, 9.17) is 14.2 Å². The number of methoxy groups -OCH3 is 3. The van der Waals surface area contributed by atoms with Crippen molar-refractivity contribution in [1.29, 1.82) is 0 Å². The number of carbonyl (C=O) groups excluding carboxylic acids is 1. The van der Waals surface area contributed by atoms with Crippen LogP contribution >= 0.6 is 11.8 Å². The average molecular weight is 537 g/mol. The number of hydrogen-bond donors (Lipinski definition) is 0. The highest BCUT2D eigenvalue weighted by Crippen LogP contribution is 2.42. The molecule has 0 spiro atoms. The molecule has 0 aliphatic heterocycles. The Morgan fingerprint density at radius 3 is 2.16 bits per heavy atom. The molecule has 0 N–H and O–H groups in total. The van der Waals surface area contributed by atoms with E-state index in [2.05, 4.69) is 10.2 Å². The quantitative estimate of drug-likeness (QED) is 0.243. The van der Waals surface area contributed by atoms with Gasteiger partial charge in [0.25, 0.3) is 0 Å². The standard InChI is InChI=1S/C28H29FN4O4S/c1-18(2)32(20-11-7-6-8-12-20)25(34)17-38-28-31-30-27(33(28)22-14-10-9-13-21(22)29)19-15-23(35-3)26(37-5)24(16-19)36-4/h6-16,18H,17H2,1-5H3. The number of halogens is 1. The predicted octanol–water partition coefficient (Wildman–Crippen LogP) is 5.63. The molecule has 3 aromatic carbocycles. The fourth-order valence-electron chi connectivity index (χ4n) is 4.13. The fraction of sp³-hybridized carbons (Fsp3) is 0.250. The van der Waals surface area contributed by atoms with Gasteiger partial charge in [-0.15, -0.1) is 10.2 Å². The van der Waals surface area contributed by atoms with Crippen LogP contribution in [0, 0.1) is 5.82 Å². The summed E-state index contributed by atoms with van der Waals surface area (Å²) in [5.41, 5.74) is 1.63. The number of ether oxygens (including phenoxy) is 3. The van der Waals surface area contributed by atoms with Crippen molar-refractivity contribution in [3.05, 3.63) is 72.5 Å². The van der Waals surface area contributed by atoms with Gasteiger partial charge < -0.3 is 19.1 Å². The lowest BCUT2D eigenvalue weighted by Gasteiger charge is -2.26. The third-order valence-electron chi connectivity index (χ3n) is 5.79. The van der Waals surface area contributed by atoms with E-state index < -0.39 is 5.82 Å². The fourth-order valence-corrected chi connectivity index (χ4v) is 4.93. The van der Waals surface area contributed by atoms with E-state index in [1.807, 2.05) is 44.2 Å². The Labute approximate surface area is 225 Å². The van der Waals surface area contributed by atoms with Crippen LogP contribution in [-0.2, 0) is 4.79 Å². The molecule has 0 fully saturated rings. The van der Waals surface area contributed by atoms with E-state index in [-0.39, 0.29) is 23.4 Å². The summed E-state index contributed by atoms with van der Waals surface area (Å²) in [5.74, 6) is 1.14. The Kier molecular flexibility index (Phi) is 8.52. The molecule has 8 nitrogen and oxygen atoms in total. The lowest BCUT2D eigenvalue weighted by molar-refractivity contribution is -0.116. The van der Waals surface area contributed by atoms with Gasteiger partial charge in [-0.25, -0.2) is 4.39 Å². The monoisotopic (exact) mass is 536 g/mol. The number of benzene rings is 3. The first-order valence-electron chi connectivity index (χ1n) is 11.9. The molecule has 0 unspecified atom stereocenters. The van der Waals surface area contributed by atoms with Gasteiger partial charge in [-0.2, -0.15) is 0 Å². The molecule has 38 heavy (non-hydrogen) atoms. The molecule has 1 aromatic heterocycles. The highest BCUT2D eigenvalue weighted by Gasteiger charge is 2.24. The molecule has 198 valence electrons. The van der Waals surface area contributed by atoms with Crippen molar-refractivity contribution in [2.75, 3.05) is 32.0 Å². The van der Waals surface area contributed by atoms with Crippen molar-refractivity contribution >= 4 is 23.4 Å². The van der Waals surface area contributed by atoms with Crippen LogP contribution < -0.4 is 19.1 Å². The molecule has 4 rings (SSSR count). The van der Waals surface area contributed by atoms with Gasteiger partial charge in [0, 0.05) is 17.3 Å². The first-order chi connectivity index (χ1) is 18.4. The maximum absolute atomic E-state index is 15.1. The van der Waals surface area contributed by atoms with Crippen LogP contribution in [0.5, 0.6) is 17.2 Å². The zero-order valence-electron chi connectivity index (χ0n) is 21.8. The van der Waals surface area contributed by atoms with Gasteiger partial charge in [0.1, 0.15) is 5.82 Å². The number of nitrogens with zero attached hydrogens (tertiary/aromatic N) is 4. The van der Waals surface area contributed by atoms with Gasteiger partial charge in [-0.05, 0) is 50.2 Å². The molecule has 10 heteroatoms. The average Bonchev–Trinajstić information content (AvgIpc) is 3.35. The van der Waals surface area contributed by atoms with Crippen LogP contribution in [-0.4, -0.2) is 53.8 Å². The molecule has 0 bridgehead atoms. The highest BCUT2D eigenvalue weighted by molar-refractivity contribution is 7.99. The van der Waals surface area contributed by atoms with Crippen molar-refractivity contribution in [3.8, 4) is 34.3 Å². The predicted molar refractivity (Wildman–Crippen MR) is 146 cm³/mol. The van der Waals surface area contributed by atoms with Crippen LogP contribution in [0.4, 0.5) is 10.1 Å². The van der Waals surface area contributed by atoms with Crippen LogP contribution in [0.2, 0.25) is 0 Å². The minimum Gasteiger partial charge on any atom is -0.493 e. The van der Waals surface area contributed by atoms with E-state index in [1.165, 1.54) is 39.2 Å². The maximum atomic E-state index is 15.1. The van der Waals surface area contributed by atoms with E-state index in [1.54, 1.807) is 39.8 Å². The van der Waals surface area contributed by atoms with Crippen molar-refractivity contribution < 1.29 is 23.4 Å².